The highest BCUT2D eigenvalue weighted by Crippen LogP contribution is 2.23. The Balaban J connectivity index is 3.36. The third kappa shape index (κ3) is 1.22. The molecule has 0 spiro atoms. The Morgan fingerprint density at radius 3 is 2.55 bits per heavy atom. The van der Waals surface area contributed by atoms with E-state index in [1.54, 1.807) is 0 Å². The van der Waals surface area contributed by atoms with E-state index < -0.39 is 17.4 Å². The van der Waals surface area contributed by atoms with Gasteiger partial charge in [-0.2, -0.15) is 0 Å². The molecule has 0 bridgehead atoms. The molecule has 11 heavy (non-hydrogen) atoms. The molecule has 0 saturated heterocycles. The number of phenols is 1. The summed E-state index contributed by atoms with van der Waals surface area (Å²) in [5.74, 6) is -2.89. The van der Waals surface area contributed by atoms with Gasteiger partial charge in [0.25, 0.3) is 0 Å². The summed E-state index contributed by atoms with van der Waals surface area (Å²) >= 11 is 0. The number of benzene rings is 1. The van der Waals surface area contributed by atoms with E-state index in [1.807, 2.05) is 0 Å². The lowest BCUT2D eigenvalue weighted by molar-refractivity contribution is 0.395. The van der Waals surface area contributed by atoms with Crippen molar-refractivity contribution in [2.24, 2.45) is 0 Å². The molecule has 0 aliphatic rings. The van der Waals surface area contributed by atoms with Gasteiger partial charge in [-0.15, -0.1) is 0 Å². The van der Waals surface area contributed by atoms with E-state index in [0.29, 0.717) is 0 Å². The summed E-state index contributed by atoms with van der Waals surface area (Å²) in [5, 5.41) is 8.72. The van der Waals surface area contributed by atoms with Crippen molar-refractivity contribution in [3.05, 3.63) is 35.9 Å². The number of halogens is 2. The van der Waals surface area contributed by atoms with Crippen molar-refractivity contribution in [2.75, 3.05) is 0 Å². The quantitative estimate of drug-likeness (QED) is 0.661. The van der Waals surface area contributed by atoms with Crippen LogP contribution in [0.15, 0.2) is 18.7 Å². The molecule has 0 aromatic heterocycles. The monoisotopic (exact) mass is 156 g/mol. The van der Waals surface area contributed by atoms with E-state index in [0.717, 1.165) is 6.07 Å². The topological polar surface area (TPSA) is 20.2 Å². The van der Waals surface area contributed by atoms with Gasteiger partial charge in [0.05, 0.1) is 0 Å². The summed E-state index contributed by atoms with van der Waals surface area (Å²) in [6, 6.07) is 2.19. The highest BCUT2D eigenvalue weighted by Gasteiger charge is 2.09. The van der Waals surface area contributed by atoms with Crippen LogP contribution in [0.3, 0.4) is 0 Å². The van der Waals surface area contributed by atoms with Crippen LogP contribution < -0.4 is 0 Å². The van der Waals surface area contributed by atoms with Gasteiger partial charge in [0.2, 0.25) is 0 Å². The molecule has 1 aromatic rings. The standard InChI is InChI=1S/C8H6F2O/c1-2-5-3-4-6(9)8(11)7(5)10/h2-4,11H,1H2. The van der Waals surface area contributed by atoms with Crippen LogP contribution in [0, 0.1) is 11.6 Å². The first-order valence-electron chi connectivity index (χ1n) is 2.96. The third-order valence-electron chi connectivity index (χ3n) is 1.32. The van der Waals surface area contributed by atoms with Crippen LogP contribution in [-0.4, -0.2) is 5.11 Å². The molecular formula is C8H6F2O. The van der Waals surface area contributed by atoms with Gasteiger partial charge in [-0.25, -0.2) is 8.78 Å². The second kappa shape index (κ2) is 2.70. The number of rotatable bonds is 1. The van der Waals surface area contributed by atoms with E-state index >= 15 is 0 Å². The number of hydrogen-bond donors (Lipinski definition) is 1. The van der Waals surface area contributed by atoms with Crippen LogP contribution in [0.1, 0.15) is 5.56 Å². The molecule has 1 aromatic carbocycles. The van der Waals surface area contributed by atoms with E-state index in [9.17, 15) is 8.78 Å². The Hall–Kier alpha value is -1.38. The second-order valence-corrected chi connectivity index (χ2v) is 2.00. The predicted octanol–water partition coefficient (Wildman–Crippen LogP) is 2.31. The third-order valence-corrected chi connectivity index (χ3v) is 1.32. The lowest BCUT2D eigenvalue weighted by Gasteiger charge is -1.99. The first-order chi connectivity index (χ1) is 5.16. The zero-order chi connectivity index (χ0) is 8.43. The van der Waals surface area contributed by atoms with Crippen molar-refractivity contribution in [2.45, 2.75) is 0 Å². The Morgan fingerprint density at radius 2 is 2.00 bits per heavy atom. The average Bonchev–Trinajstić information content (AvgIpc) is 2.01. The van der Waals surface area contributed by atoms with E-state index in [4.69, 9.17) is 5.11 Å². The Labute approximate surface area is 62.6 Å². The maximum Gasteiger partial charge on any atom is 0.188 e. The molecule has 0 unspecified atom stereocenters. The maximum atomic E-state index is 12.7. The van der Waals surface area contributed by atoms with Gasteiger partial charge in [-0.3, -0.25) is 0 Å². The Bertz CT molecular complexity index is 294. The number of hydrogen-bond acceptors (Lipinski definition) is 1. The predicted molar refractivity (Wildman–Crippen MR) is 38.1 cm³/mol. The van der Waals surface area contributed by atoms with Crippen molar-refractivity contribution < 1.29 is 13.9 Å². The van der Waals surface area contributed by atoms with Crippen molar-refractivity contribution in [1.29, 1.82) is 0 Å². The average molecular weight is 156 g/mol. The van der Waals surface area contributed by atoms with Gasteiger partial charge in [0.1, 0.15) is 0 Å². The fourth-order valence-electron chi connectivity index (χ4n) is 0.714. The molecule has 0 amide bonds. The molecule has 58 valence electrons. The van der Waals surface area contributed by atoms with Crippen LogP contribution in [-0.2, 0) is 0 Å². The molecule has 1 N–H and O–H groups in total. The molecule has 1 nitrogen and oxygen atoms in total. The van der Waals surface area contributed by atoms with Crippen LogP contribution in [0.25, 0.3) is 6.08 Å². The molecule has 0 heterocycles. The van der Waals surface area contributed by atoms with Crippen LogP contribution in [0.5, 0.6) is 5.75 Å². The molecule has 0 radical (unpaired) electrons. The smallest absolute Gasteiger partial charge is 0.188 e. The van der Waals surface area contributed by atoms with Gasteiger partial charge in [-0.05, 0) is 12.1 Å². The minimum absolute atomic E-state index is 0.0869. The fourth-order valence-corrected chi connectivity index (χ4v) is 0.714. The van der Waals surface area contributed by atoms with Crippen molar-refractivity contribution in [3.8, 4) is 5.75 Å². The van der Waals surface area contributed by atoms with Gasteiger partial charge in [0.15, 0.2) is 17.4 Å². The van der Waals surface area contributed by atoms with Gasteiger partial charge < -0.3 is 5.11 Å². The second-order valence-electron chi connectivity index (χ2n) is 2.00. The first-order valence-corrected chi connectivity index (χ1v) is 2.96. The SMILES string of the molecule is C=Cc1ccc(F)c(O)c1F. The summed E-state index contributed by atoms with van der Waals surface area (Å²) in [6.45, 7) is 3.29. The molecule has 0 aliphatic heterocycles. The zero-order valence-corrected chi connectivity index (χ0v) is 5.64. The molecule has 1 rings (SSSR count). The number of aromatic hydroxyl groups is 1. The van der Waals surface area contributed by atoms with Crippen LogP contribution in [0.4, 0.5) is 8.78 Å². The van der Waals surface area contributed by atoms with E-state index in [1.165, 1.54) is 12.1 Å². The molecule has 0 fully saturated rings. The minimum atomic E-state index is -0.972. The largest absolute Gasteiger partial charge is 0.503 e. The highest BCUT2D eigenvalue weighted by atomic mass is 19.1. The summed E-state index contributed by atoms with van der Waals surface area (Å²) in [4.78, 5) is 0. The highest BCUT2D eigenvalue weighted by molar-refractivity contribution is 5.50. The van der Waals surface area contributed by atoms with Gasteiger partial charge in [-0.1, -0.05) is 12.7 Å². The Kier molecular flexibility index (Phi) is 1.89. The molecular weight excluding hydrogens is 150 g/mol. The van der Waals surface area contributed by atoms with Crippen molar-refractivity contribution >= 4 is 6.08 Å². The van der Waals surface area contributed by atoms with Crippen molar-refractivity contribution in [3.63, 3.8) is 0 Å². The molecule has 0 aliphatic carbocycles. The molecule has 0 saturated carbocycles. The van der Waals surface area contributed by atoms with Crippen LogP contribution >= 0.6 is 0 Å². The molecule has 0 atom stereocenters. The summed E-state index contributed by atoms with van der Waals surface area (Å²) in [7, 11) is 0. The number of phenolic OH excluding ortho intramolecular Hbond substituents is 1. The maximum absolute atomic E-state index is 12.7. The lowest BCUT2D eigenvalue weighted by Crippen LogP contribution is -1.85. The van der Waals surface area contributed by atoms with E-state index in [2.05, 4.69) is 6.58 Å². The van der Waals surface area contributed by atoms with Gasteiger partial charge >= 0.3 is 0 Å². The van der Waals surface area contributed by atoms with Crippen LogP contribution in [0.2, 0.25) is 0 Å². The summed E-state index contributed by atoms with van der Waals surface area (Å²) in [6.07, 6.45) is 1.20. The normalized spacial score (nSPS) is 9.64. The Morgan fingerprint density at radius 1 is 1.36 bits per heavy atom. The van der Waals surface area contributed by atoms with Gasteiger partial charge in [0, 0.05) is 5.56 Å². The first kappa shape index (κ1) is 7.72. The zero-order valence-electron chi connectivity index (χ0n) is 5.64. The summed E-state index contributed by atoms with van der Waals surface area (Å²) in [5.41, 5.74) is 0.0869. The fraction of sp³-hybridized carbons (Fsp3) is 0. The van der Waals surface area contributed by atoms with E-state index in [-0.39, 0.29) is 5.56 Å². The lowest BCUT2D eigenvalue weighted by atomic mass is 10.2. The summed E-state index contributed by atoms with van der Waals surface area (Å²) < 4.78 is 25.1. The molecule has 3 heteroatoms. The van der Waals surface area contributed by atoms with Crippen molar-refractivity contribution in [1.82, 2.24) is 0 Å². The minimum Gasteiger partial charge on any atom is -0.503 e.